The number of benzene rings is 1. The number of carbonyl (C=O) groups is 1. The van der Waals surface area contributed by atoms with Gasteiger partial charge in [-0.05, 0) is 37.1 Å². The quantitative estimate of drug-likeness (QED) is 0.645. The maximum Gasteiger partial charge on any atom is 0.222 e. The van der Waals surface area contributed by atoms with E-state index in [-0.39, 0.29) is 11.7 Å². The van der Waals surface area contributed by atoms with Crippen LogP contribution in [0, 0.1) is 5.82 Å². The minimum atomic E-state index is -0.245. The van der Waals surface area contributed by atoms with Crippen LogP contribution in [0.3, 0.4) is 0 Å². The zero-order valence-electron chi connectivity index (χ0n) is 18.5. The third kappa shape index (κ3) is 4.19. The first kappa shape index (κ1) is 20.9. The number of carbonyl (C=O) groups excluding carboxylic acids is 1. The van der Waals surface area contributed by atoms with Crippen LogP contribution in [-0.2, 0) is 37.8 Å². The molecule has 0 radical (unpaired) electrons. The first-order valence-corrected chi connectivity index (χ1v) is 11.4. The van der Waals surface area contributed by atoms with Crippen LogP contribution in [0.5, 0.6) is 0 Å². The van der Waals surface area contributed by atoms with Crippen molar-refractivity contribution in [3.63, 3.8) is 0 Å². The first-order valence-electron chi connectivity index (χ1n) is 11.4. The molecule has 1 amide bonds. The Morgan fingerprint density at radius 1 is 1.16 bits per heavy atom. The molecule has 1 aromatic carbocycles. The molecule has 7 nitrogen and oxygen atoms in total. The highest BCUT2D eigenvalue weighted by atomic mass is 19.1. The molecule has 0 bridgehead atoms. The Kier molecular flexibility index (Phi) is 5.78. The third-order valence-electron chi connectivity index (χ3n) is 6.68. The second kappa shape index (κ2) is 8.86. The summed E-state index contributed by atoms with van der Waals surface area (Å²) in [5.41, 5.74) is 6.54. The Bertz CT molecular complexity index is 1100. The highest BCUT2D eigenvalue weighted by Gasteiger charge is 2.26. The first-order chi connectivity index (χ1) is 15.6. The van der Waals surface area contributed by atoms with Crippen LogP contribution in [0.4, 0.5) is 4.39 Å². The summed E-state index contributed by atoms with van der Waals surface area (Å²) in [7, 11) is 2.00. The van der Waals surface area contributed by atoms with E-state index >= 15 is 0 Å². The van der Waals surface area contributed by atoms with Gasteiger partial charge in [-0.1, -0.05) is 0 Å². The number of nitrogens with one attached hydrogen (secondary N) is 1. The lowest BCUT2D eigenvalue weighted by Gasteiger charge is -2.27. The standard InChI is InChI=1S/C24H29FN6O/c1-29-22-10-13-30(15-18-14-26-27-24(18)17-4-6-19(25)7-5-17)16-20(22)21(28-29)8-9-23(32)31-11-2-3-12-31/h4-7,14H,2-3,8-13,15-16H2,1H3,(H,26,27). The molecule has 1 N–H and O–H groups in total. The lowest BCUT2D eigenvalue weighted by Crippen LogP contribution is -2.31. The predicted molar refractivity (Wildman–Crippen MR) is 119 cm³/mol. The van der Waals surface area contributed by atoms with E-state index < -0.39 is 0 Å². The van der Waals surface area contributed by atoms with Crippen LogP contribution in [-0.4, -0.2) is 55.3 Å². The molecule has 3 aromatic rings. The van der Waals surface area contributed by atoms with Gasteiger partial charge in [0.15, 0.2) is 0 Å². The van der Waals surface area contributed by atoms with Gasteiger partial charge in [0.2, 0.25) is 5.91 Å². The van der Waals surface area contributed by atoms with Crippen molar-refractivity contribution in [1.82, 2.24) is 29.8 Å². The average Bonchev–Trinajstić information content (AvgIpc) is 3.54. The summed E-state index contributed by atoms with van der Waals surface area (Å²) in [6, 6.07) is 6.49. The fourth-order valence-electron chi connectivity index (χ4n) is 4.95. The fraction of sp³-hybridized carbons (Fsp3) is 0.458. The van der Waals surface area contributed by atoms with E-state index in [1.807, 2.05) is 22.8 Å². The van der Waals surface area contributed by atoms with Crippen LogP contribution < -0.4 is 0 Å². The number of hydrogen-bond donors (Lipinski definition) is 1. The van der Waals surface area contributed by atoms with Gasteiger partial charge in [-0.3, -0.25) is 19.5 Å². The molecule has 168 valence electrons. The Morgan fingerprint density at radius 2 is 1.94 bits per heavy atom. The molecule has 0 aliphatic carbocycles. The Balaban J connectivity index is 1.28. The number of aromatic amines is 1. The Labute approximate surface area is 187 Å². The lowest BCUT2D eigenvalue weighted by atomic mass is 10.0. The van der Waals surface area contributed by atoms with Crippen molar-refractivity contribution in [3.05, 3.63) is 58.8 Å². The van der Waals surface area contributed by atoms with Gasteiger partial charge in [0, 0.05) is 81.4 Å². The number of fused-ring (bicyclic) bond motifs is 1. The average molecular weight is 437 g/mol. The largest absolute Gasteiger partial charge is 0.343 e. The molecule has 5 rings (SSSR count). The second-order valence-electron chi connectivity index (χ2n) is 8.82. The minimum absolute atomic E-state index is 0.245. The summed E-state index contributed by atoms with van der Waals surface area (Å²) in [6.07, 6.45) is 6.25. The van der Waals surface area contributed by atoms with Crippen molar-refractivity contribution in [3.8, 4) is 11.3 Å². The maximum atomic E-state index is 13.3. The van der Waals surface area contributed by atoms with E-state index in [0.717, 1.165) is 74.5 Å². The van der Waals surface area contributed by atoms with Gasteiger partial charge in [-0.25, -0.2) is 4.39 Å². The van der Waals surface area contributed by atoms with Crippen molar-refractivity contribution in [2.75, 3.05) is 19.6 Å². The summed E-state index contributed by atoms with van der Waals surface area (Å²) in [6.45, 7) is 4.29. The van der Waals surface area contributed by atoms with Crippen LogP contribution in [0.1, 0.15) is 41.8 Å². The highest BCUT2D eigenvalue weighted by molar-refractivity contribution is 5.76. The summed E-state index contributed by atoms with van der Waals surface area (Å²) < 4.78 is 15.3. The van der Waals surface area contributed by atoms with E-state index in [0.29, 0.717) is 12.8 Å². The van der Waals surface area contributed by atoms with E-state index in [1.165, 1.54) is 23.4 Å². The number of amides is 1. The number of aromatic nitrogens is 4. The van der Waals surface area contributed by atoms with E-state index in [4.69, 9.17) is 5.10 Å². The van der Waals surface area contributed by atoms with Gasteiger partial charge < -0.3 is 4.90 Å². The molecule has 1 fully saturated rings. The summed E-state index contributed by atoms with van der Waals surface area (Å²) >= 11 is 0. The van der Waals surface area contributed by atoms with Gasteiger partial charge in [0.25, 0.3) is 0 Å². The van der Waals surface area contributed by atoms with Crippen molar-refractivity contribution in [1.29, 1.82) is 0 Å². The topological polar surface area (TPSA) is 70.1 Å². The molecule has 0 saturated carbocycles. The smallest absolute Gasteiger partial charge is 0.222 e. The number of rotatable bonds is 6. The van der Waals surface area contributed by atoms with Crippen LogP contribution in [0.2, 0.25) is 0 Å². The molecule has 1 saturated heterocycles. The van der Waals surface area contributed by atoms with Crippen molar-refractivity contribution in [2.45, 2.75) is 45.2 Å². The molecule has 2 aliphatic heterocycles. The Hall–Kier alpha value is -3.00. The molecule has 8 heteroatoms. The van der Waals surface area contributed by atoms with Crippen molar-refractivity contribution in [2.24, 2.45) is 7.05 Å². The van der Waals surface area contributed by atoms with Crippen LogP contribution >= 0.6 is 0 Å². The summed E-state index contributed by atoms with van der Waals surface area (Å²) in [5, 5.41) is 12.1. The fourth-order valence-corrected chi connectivity index (χ4v) is 4.95. The van der Waals surface area contributed by atoms with Crippen molar-refractivity contribution < 1.29 is 9.18 Å². The maximum absolute atomic E-state index is 13.3. The highest BCUT2D eigenvalue weighted by Crippen LogP contribution is 2.27. The van der Waals surface area contributed by atoms with E-state index in [2.05, 4.69) is 15.1 Å². The number of aryl methyl sites for hydroxylation is 2. The molecule has 0 spiro atoms. The second-order valence-corrected chi connectivity index (χ2v) is 8.82. The zero-order valence-corrected chi connectivity index (χ0v) is 18.5. The molecular weight excluding hydrogens is 407 g/mol. The van der Waals surface area contributed by atoms with Gasteiger partial charge in [-0.15, -0.1) is 0 Å². The van der Waals surface area contributed by atoms with Crippen molar-refractivity contribution >= 4 is 5.91 Å². The molecular formula is C24H29FN6O. The lowest BCUT2D eigenvalue weighted by molar-refractivity contribution is -0.130. The monoisotopic (exact) mass is 436 g/mol. The number of H-pyrrole nitrogens is 1. The molecule has 0 atom stereocenters. The zero-order chi connectivity index (χ0) is 22.1. The molecule has 0 unspecified atom stereocenters. The number of nitrogens with zero attached hydrogens (tertiary/aromatic N) is 5. The summed E-state index contributed by atoms with van der Waals surface area (Å²) in [5.74, 6) is 0.00241. The van der Waals surface area contributed by atoms with Gasteiger partial charge >= 0.3 is 0 Å². The SMILES string of the molecule is Cn1nc(CCC(=O)N2CCCC2)c2c1CCN(Cc1cn[nH]c1-c1ccc(F)cc1)C2. The minimum Gasteiger partial charge on any atom is -0.343 e. The Morgan fingerprint density at radius 3 is 2.72 bits per heavy atom. The number of hydrogen-bond acceptors (Lipinski definition) is 4. The van der Waals surface area contributed by atoms with E-state index in [9.17, 15) is 9.18 Å². The number of halogens is 1. The van der Waals surface area contributed by atoms with Crippen LogP contribution in [0.25, 0.3) is 11.3 Å². The van der Waals surface area contributed by atoms with E-state index in [1.54, 1.807) is 12.1 Å². The summed E-state index contributed by atoms with van der Waals surface area (Å²) in [4.78, 5) is 16.9. The van der Waals surface area contributed by atoms with Gasteiger partial charge in [0.05, 0.1) is 17.6 Å². The van der Waals surface area contributed by atoms with Crippen LogP contribution in [0.15, 0.2) is 30.5 Å². The predicted octanol–water partition coefficient (Wildman–Crippen LogP) is 3.06. The molecule has 2 aliphatic rings. The molecule has 32 heavy (non-hydrogen) atoms. The molecule has 4 heterocycles. The van der Waals surface area contributed by atoms with Gasteiger partial charge in [-0.2, -0.15) is 10.2 Å². The third-order valence-corrected chi connectivity index (χ3v) is 6.68. The van der Waals surface area contributed by atoms with Gasteiger partial charge in [0.1, 0.15) is 5.82 Å². The molecule has 2 aromatic heterocycles. The number of likely N-dealkylation sites (tertiary alicyclic amines) is 1. The normalized spacial score (nSPS) is 16.5.